The average Bonchev–Trinajstić information content (AvgIpc) is 2.54. The van der Waals surface area contributed by atoms with Crippen LogP contribution in [0.25, 0.3) is 0 Å². The second kappa shape index (κ2) is 4.33. The summed E-state index contributed by atoms with van der Waals surface area (Å²) in [6, 6.07) is 8.95. The van der Waals surface area contributed by atoms with E-state index in [2.05, 4.69) is 43.4 Å². The van der Waals surface area contributed by atoms with Crippen molar-refractivity contribution in [1.29, 1.82) is 0 Å². The summed E-state index contributed by atoms with van der Waals surface area (Å²) in [6.07, 6.45) is 1.26. The number of benzene rings is 1. The first-order chi connectivity index (χ1) is 6.21. The van der Waals surface area contributed by atoms with Crippen LogP contribution in [0, 0.1) is 6.92 Å². The normalized spacial score (nSPS) is 25.9. The molecule has 14 heavy (non-hydrogen) atoms. The van der Waals surface area contributed by atoms with Gasteiger partial charge in [-0.2, -0.15) is 0 Å². The number of hydrogen-bond acceptors (Lipinski definition) is 1. The quantitative estimate of drug-likeness (QED) is 0.753. The highest BCUT2D eigenvalue weighted by Crippen LogP contribution is 2.29. The first-order valence-corrected chi connectivity index (χ1v) is 4.99. The number of nitrogens with one attached hydrogen (secondary N) is 1. The molecular weight excluding hydrogens is 194 g/mol. The molecule has 0 aliphatic carbocycles. The Morgan fingerprint density at radius 1 is 1.21 bits per heavy atom. The Labute approximate surface area is 92.3 Å². The molecule has 2 heteroatoms. The van der Waals surface area contributed by atoms with Crippen molar-refractivity contribution in [3.05, 3.63) is 35.4 Å². The fraction of sp³-hybridized carbons (Fsp3) is 0.500. The smallest absolute Gasteiger partial charge is 0.00615 e. The minimum Gasteiger partial charge on any atom is -0.316 e. The lowest BCUT2D eigenvalue weighted by Gasteiger charge is -2.23. The maximum atomic E-state index is 3.43. The zero-order valence-corrected chi connectivity index (χ0v) is 9.66. The third-order valence-corrected chi connectivity index (χ3v) is 3.12. The summed E-state index contributed by atoms with van der Waals surface area (Å²) in [5, 5.41) is 3.43. The van der Waals surface area contributed by atoms with E-state index in [1.54, 1.807) is 0 Å². The van der Waals surface area contributed by atoms with E-state index >= 15 is 0 Å². The van der Waals surface area contributed by atoms with Crippen molar-refractivity contribution in [1.82, 2.24) is 5.32 Å². The van der Waals surface area contributed by atoms with Gasteiger partial charge in [-0.25, -0.2) is 0 Å². The fourth-order valence-electron chi connectivity index (χ4n) is 2.02. The van der Waals surface area contributed by atoms with Crippen molar-refractivity contribution < 1.29 is 0 Å². The number of hydrogen-bond donors (Lipinski definition) is 1. The standard InChI is InChI=1S/C12H17N.ClH/c1-10-3-5-11(6-4-10)12(2)7-8-13-9-12;/h3-6,13H,7-9H2,1-2H3;1H. The van der Waals surface area contributed by atoms with E-state index < -0.39 is 0 Å². The van der Waals surface area contributed by atoms with Gasteiger partial charge in [-0.1, -0.05) is 36.8 Å². The molecule has 0 saturated carbocycles. The van der Waals surface area contributed by atoms with Crippen LogP contribution in [-0.4, -0.2) is 13.1 Å². The Balaban J connectivity index is 0.000000980. The molecule has 0 radical (unpaired) electrons. The van der Waals surface area contributed by atoms with Gasteiger partial charge in [0.2, 0.25) is 0 Å². The number of halogens is 1. The molecule has 1 aliphatic heterocycles. The molecule has 1 unspecified atom stereocenters. The van der Waals surface area contributed by atoms with E-state index in [0.29, 0.717) is 5.41 Å². The van der Waals surface area contributed by atoms with E-state index in [1.165, 1.54) is 17.5 Å². The Hall–Kier alpha value is -0.530. The van der Waals surface area contributed by atoms with Crippen molar-refractivity contribution in [3.63, 3.8) is 0 Å². The van der Waals surface area contributed by atoms with Crippen LogP contribution in [0.2, 0.25) is 0 Å². The van der Waals surface area contributed by atoms with Gasteiger partial charge in [0.15, 0.2) is 0 Å². The first-order valence-electron chi connectivity index (χ1n) is 4.99. The topological polar surface area (TPSA) is 12.0 Å². The SMILES string of the molecule is Cc1ccc(C2(C)CCNC2)cc1.Cl. The van der Waals surface area contributed by atoms with Gasteiger partial charge in [0, 0.05) is 12.0 Å². The van der Waals surface area contributed by atoms with E-state index in [-0.39, 0.29) is 12.4 Å². The van der Waals surface area contributed by atoms with Gasteiger partial charge in [0.05, 0.1) is 0 Å². The van der Waals surface area contributed by atoms with Gasteiger partial charge in [-0.05, 0) is 25.5 Å². The predicted octanol–water partition coefficient (Wildman–Crippen LogP) is 2.67. The summed E-state index contributed by atoms with van der Waals surface area (Å²) in [7, 11) is 0. The maximum absolute atomic E-state index is 3.43. The van der Waals surface area contributed by atoms with E-state index in [0.717, 1.165) is 13.1 Å². The lowest BCUT2D eigenvalue weighted by molar-refractivity contribution is 0.525. The molecule has 0 spiro atoms. The molecule has 1 fully saturated rings. The second-order valence-corrected chi connectivity index (χ2v) is 4.35. The lowest BCUT2D eigenvalue weighted by Crippen LogP contribution is -2.24. The molecule has 0 amide bonds. The molecule has 0 bridgehead atoms. The summed E-state index contributed by atoms with van der Waals surface area (Å²) in [4.78, 5) is 0. The highest BCUT2D eigenvalue weighted by Gasteiger charge is 2.29. The largest absolute Gasteiger partial charge is 0.316 e. The van der Waals surface area contributed by atoms with Gasteiger partial charge in [0.25, 0.3) is 0 Å². The first kappa shape index (κ1) is 11.5. The minimum atomic E-state index is 0. The van der Waals surface area contributed by atoms with Crippen LogP contribution in [0.3, 0.4) is 0 Å². The third kappa shape index (κ3) is 2.10. The molecule has 0 aromatic heterocycles. The Kier molecular flexibility index (Phi) is 3.57. The van der Waals surface area contributed by atoms with E-state index in [1.807, 2.05) is 0 Å². The van der Waals surface area contributed by atoms with E-state index in [9.17, 15) is 0 Å². The highest BCUT2D eigenvalue weighted by atomic mass is 35.5. The van der Waals surface area contributed by atoms with Gasteiger partial charge >= 0.3 is 0 Å². The average molecular weight is 212 g/mol. The summed E-state index contributed by atoms with van der Waals surface area (Å²) < 4.78 is 0. The molecule has 1 heterocycles. The Morgan fingerprint density at radius 2 is 1.86 bits per heavy atom. The van der Waals surface area contributed by atoms with Crippen LogP contribution >= 0.6 is 12.4 Å². The Bertz CT molecular complexity index is 286. The maximum Gasteiger partial charge on any atom is 0.00615 e. The van der Waals surface area contributed by atoms with Crippen molar-refractivity contribution in [2.24, 2.45) is 0 Å². The summed E-state index contributed by atoms with van der Waals surface area (Å²) in [5.74, 6) is 0. The molecule has 1 aliphatic rings. The molecular formula is C12H18ClN. The summed E-state index contributed by atoms with van der Waals surface area (Å²) in [6.45, 7) is 6.76. The molecule has 1 N–H and O–H groups in total. The minimum absolute atomic E-state index is 0. The molecule has 78 valence electrons. The van der Waals surface area contributed by atoms with Crippen LogP contribution in [0.15, 0.2) is 24.3 Å². The van der Waals surface area contributed by atoms with Crippen LogP contribution in [0.5, 0.6) is 0 Å². The van der Waals surface area contributed by atoms with Crippen LogP contribution in [0.1, 0.15) is 24.5 Å². The molecule has 2 rings (SSSR count). The van der Waals surface area contributed by atoms with Gasteiger partial charge in [0.1, 0.15) is 0 Å². The fourth-order valence-corrected chi connectivity index (χ4v) is 2.02. The Morgan fingerprint density at radius 3 is 2.36 bits per heavy atom. The zero-order chi connectivity index (χ0) is 9.31. The highest BCUT2D eigenvalue weighted by molar-refractivity contribution is 5.85. The van der Waals surface area contributed by atoms with Gasteiger partial charge in [-0.3, -0.25) is 0 Å². The van der Waals surface area contributed by atoms with Crippen molar-refractivity contribution >= 4 is 12.4 Å². The third-order valence-electron chi connectivity index (χ3n) is 3.12. The molecule has 1 aromatic rings. The second-order valence-electron chi connectivity index (χ2n) is 4.35. The molecule has 1 atom stereocenters. The van der Waals surface area contributed by atoms with Crippen molar-refractivity contribution in [3.8, 4) is 0 Å². The lowest BCUT2D eigenvalue weighted by atomic mass is 9.82. The van der Waals surface area contributed by atoms with Crippen molar-refractivity contribution in [2.45, 2.75) is 25.7 Å². The zero-order valence-electron chi connectivity index (χ0n) is 8.84. The number of aryl methyl sites for hydroxylation is 1. The number of rotatable bonds is 1. The van der Waals surface area contributed by atoms with Gasteiger partial charge < -0.3 is 5.32 Å². The molecule has 1 aromatic carbocycles. The molecule has 1 nitrogen and oxygen atoms in total. The summed E-state index contributed by atoms with van der Waals surface area (Å²) in [5.41, 5.74) is 3.19. The van der Waals surface area contributed by atoms with E-state index in [4.69, 9.17) is 0 Å². The molecule has 1 saturated heterocycles. The van der Waals surface area contributed by atoms with Crippen LogP contribution in [0.4, 0.5) is 0 Å². The van der Waals surface area contributed by atoms with Crippen LogP contribution in [-0.2, 0) is 5.41 Å². The monoisotopic (exact) mass is 211 g/mol. The van der Waals surface area contributed by atoms with Crippen molar-refractivity contribution in [2.75, 3.05) is 13.1 Å². The predicted molar refractivity (Wildman–Crippen MR) is 63.3 cm³/mol. The van der Waals surface area contributed by atoms with Crippen LogP contribution < -0.4 is 5.32 Å². The van der Waals surface area contributed by atoms with Gasteiger partial charge in [-0.15, -0.1) is 12.4 Å². The summed E-state index contributed by atoms with van der Waals surface area (Å²) >= 11 is 0.